The van der Waals surface area contributed by atoms with Crippen molar-refractivity contribution in [1.82, 2.24) is 10.3 Å². The number of ether oxygens (including phenoxy) is 1. The zero-order valence-corrected chi connectivity index (χ0v) is 16.1. The third-order valence-electron chi connectivity index (χ3n) is 4.28. The Morgan fingerprint density at radius 3 is 2.48 bits per heavy atom. The Morgan fingerprint density at radius 1 is 1.00 bits per heavy atom. The molecule has 0 aliphatic carbocycles. The van der Waals surface area contributed by atoms with Crippen molar-refractivity contribution in [3.05, 3.63) is 90.3 Å². The minimum Gasteiger partial charge on any atom is -0.492 e. The highest BCUT2D eigenvalue weighted by molar-refractivity contribution is 5.92. The molecule has 0 saturated carbocycles. The molecule has 0 fully saturated rings. The van der Waals surface area contributed by atoms with Crippen molar-refractivity contribution in [2.24, 2.45) is 0 Å². The molecule has 1 unspecified atom stereocenters. The highest BCUT2D eigenvalue weighted by atomic mass is 16.5. The second-order valence-electron chi connectivity index (χ2n) is 6.55. The minimum atomic E-state index is -0.537. The fourth-order valence-electron chi connectivity index (χ4n) is 2.78. The normalized spacial score (nSPS) is 11.6. The summed E-state index contributed by atoms with van der Waals surface area (Å²) in [6.45, 7) is 1.56. The van der Waals surface area contributed by atoms with Crippen LogP contribution in [0.25, 0.3) is 0 Å². The number of anilines is 1. The summed E-state index contributed by atoms with van der Waals surface area (Å²) in [5.74, 6) is 0.608. The largest absolute Gasteiger partial charge is 0.492 e. The number of nitrogens with zero attached hydrogens (tertiary/aromatic N) is 1. The van der Waals surface area contributed by atoms with E-state index in [0.29, 0.717) is 25.4 Å². The van der Waals surface area contributed by atoms with Gasteiger partial charge in [0.05, 0.1) is 12.5 Å². The maximum absolute atomic E-state index is 12.1. The molecule has 29 heavy (non-hydrogen) atoms. The molecule has 3 rings (SSSR count). The molecule has 0 aliphatic heterocycles. The Morgan fingerprint density at radius 2 is 1.76 bits per heavy atom. The van der Waals surface area contributed by atoms with Crippen LogP contribution in [-0.4, -0.2) is 35.7 Å². The number of pyridine rings is 1. The van der Waals surface area contributed by atoms with Gasteiger partial charge < -0.3 is 20.5 Å². The smallest absolute Gasteiger partial charge is 0.230 e. The lowest BCUT2D eigenvalue weighted by Crippen LogP contribution is -2.26. The number of hydrogen-bond donors (Lipinski definition) is 3. The van der Waals surface area contributed by atoms with E-state index in [9.17, 15) is 9.90 Å². The Hall–Kier alpha value is -3.22. The fourth-order valence-corrected chi connectivity index (χ4v) is 2.78. The van der Waals surface area contributed by atoms with Crippen molar-refractivity contribution in [1.29, 1.82) is 0 Å². The van der Waals surface area contributed by atoms with E-state index in [-0.39, 0.29) is 12.3 Å². The molecule has 1 amide bonds. The summed E-state index contributed by atoms with van der Waals surface area (Å²) >= 11 is 0. The Labute approximate surface area is 170 Å². The molecule has 0 spiro atoms. The number of aliphatic hydroxyl groups excluding tert-OH is 1. The fraction of sp³-hybridized carbons (Fsp3) is 0.217. The van der Waals surface area contributed by atoms with Crippen molar-refractivity contribution in [2.75, 3.05) is 25.0 Å². The quantitative estimate of drug-likeness (QED) is 0.463. The summed E-state index contributed by atoms with van der Waals surface area (Å²) in [6.07, 6.45) is 1.37. The lowest BCUT2D eigenvalue weighted by Gasteiger charge is -2.13. The second-order valence-corrected chi connectivity index (χ2v) is 6.55. The number of rotatable bonds is 10. The lowest BCUT2D eigenvalue weighted by atomic mass is 10.1. The van der Waals surface area contributed by atoms with E-state index in [1.807, 2.05) is 60.7 Å². The van der Waals surface area contributed by atoms with Crippen LogP contribution in [0.2, 0.25) is 0 Å². The van der Waals surface area contributed by atoms with Gasteiger partial charge in [-0.1, -0.05) is 36.4 Å². The first-order valence-electron chi connectivity index (χ1n) is 9.57. The molecule has 0 bridgehead atoms. The number of hydrogen-bond acceptors (Lipinski definition) is 5. The van der Waals surface area contributed by atoms with Crippen molar-refractivity contribution in [2.45, 2.75) is 12.5 Å². The molecule has 0 saturated heterocycles. The maximum Gasteiger partial charge on any atom is 0.230 e. The van der Waals surface area contributed by atoms with E-state index in [2.05, 4.69) is 15.6 Å². The average molecular weight is 391 g/mol. The molecule has 3 N–H and O–H groups in total. The van der Waals surface area contributed by atoms with Crippen molar-refractivity contribution >= 4 is 11.6 Å². The van der Waals surface area contributed by atoms with E-state index in [4.69, 9.17) is 4.74 Å². The topological polar surface area (TPSA) is 83.5 Å². The van der Waals surface area contributed by atoms with E-state index >= 15 is 0 Å². The number of aliphatic hydroxyl groups is 1. The van der Waals surface area contributed by atoms with Gasteiger partial charge in [-0.05, 0) is 42.0 Å². The average Bonchev–Trinajstić information content (AvgIpc) is 2.76. The number of amides is 1. The Balaban J connectivity index is 1.34. The first-order valence-corrected chi connectivity index (χ1v) is 9.57. The van der Waals surface area contributed by atoms with Crippen LogP contribution in [0, 0.1) is 0 Å². The highest BCUT2D eigenvalue weighted by Gasteiger charge is 2.06. The Bertz CT molecular complexity index is 871. The zero-order chi connectivity index (χ0) is 20.3. The van der Waals surface area contributed by atoms with E-state index < -0.39 is 6.10 Å². The number of nitrogens with one attached hydrogen (secondary N) is 2. The summed E-state index contributed by atoms with van der Waals surface area (Å²) in [5.41, 5.74) is 2.33. The first kappa shape index (κ1) is 20.5. The lowest BCUT2D eigenvalue weighted by molar-refractivity contribution is -0.115. The molecule has 6 heteroatoms. The second kappa shape index (κ2) is 10.9. The number of carbonyl (C=O) groups is 1. The molecule has 0 aliphatic rings. The van der Waals surface area contributed by atoms with Gasteiger partial charge in [0.25, 0.3) is 0 Å². The van der Waals surface area contributed by atoms with E-state index in [1.54, 1.807) is 18.3 Å². The van der Waals surface area contributed by atoms with Gasteiger partial charge in [-0.15, -0.1) is 0 Å². The number of carbonyl (C=O) groups excluding carboxylic acids is 1. The van der Waals surface area contributed by atoms with Crippen molar-refractivity contribution < 1.29 is 14.6 Å². The van der Waals surface area contributed by atoms with E-state index in [1.165, 1.54) is 0 Å². The van der Waals surface area contributed by atoms with Gasteiger partial charge in [0.15, 0.2) is 0 Å². The van der Waals surface area contributed by atoms with Crippen LogP contribution in [0.3, 0.4) is 0 Å². The molecular weight excluding hydrogens is 366 g/mol. The zero-order valence-electron chi connectivity index (χ0n) is 16.1. The van der Waals surface area contributed by atoms with Crippen LogP contribution in [0.4, 0.5) is 5.69 Å². The van der Waals surface area contributed by atoms with Crippen LogP contribution in [0.15, 0.2) is 79.0 Å². The van der Waals surface area contributed by atoms with Crippen molar-refractivity contribution in [3.63, 3.8) is 0 Å². The summed E-state index contributed by atoms with van der Waals surface area (Å²) < 4.78 is 5.68. The molecule has 150 valence electrons. The van der Waals surface area contributed by atoms with Crippen LogP contribution < -0.4 is 15.4 Å². The van der Waals surface area contributed by atoms with Crippen LogP contribution >= 0.6 is 0 Å². The number of aromatic nitrogens is 1. The maximum atomic E-state index is 12.1. The first-order chi connectivity index (χ1) is 14.2. The van der Waals surface area contributed by atoms with Crippen LogP contribution in [0.1, 0.15) is 17.4 Å². The number of benzene rings is 2. The minimum absolute atomic E-state index is 0.112. The van der Waals surface area contributed by atoms with Crippen LogP contribution in [0.5, 0.6) is 5.75 Å². The van der Waals surface area contributed by atoms with Gasteiger partial charge in [0.2, 0.25) is 5.91 Å². The monoisotopic (exact) mass is 391 g/mol. The Kier molecular flexibility index (Phi) is 7.74. The molecule has 6 nitrogen and oxygen atoms in total. The SMILES string of the molecule is O=C(Cc1ccccn1)Nc1ccc(OCCNCC(O)c2ccccc2)cc1. The summed E-state index contributed by atoms with van der Waals surface area (Å²) in [6, 6.07) is 22.3. The van der Waals surface area contributed by atoms with Gasteiger partial charge in [-0.25, -0.2) is 0 Å². The van der Waals surface area contributed by atoms with Gasteiger partial charge in [0, 0.05) is 30.7 Å². The predicted molar refractivity (Wildman–Crippen MR) is 113 cm³/mol. The van der Waals surface area contributed by atoms with Crippen LogP contribution in [-0.2, 0) is 11.2 Å². The molecule has 1 atom stereocenters. The third-order valence-corrected chi connectivity index (χ3v) is 4.28. The van der Waals surface area contributed by atoms with E-state index in [0.717, 1.165) is 17.0 Å². The van der Waals surface area contributed by atoms with Gasteiger partial charge >= 0.3 is 0 Å². The molecule has 3 aromatic rings. The highest BCUT2D eigenvalue weighted by Crippen LogP contribution is 2.16. The molecule has 2 aromatic carbocycles. The molecule has 1 heterocycles. The molecule has 0 radical (unpaired) electrons. The summed E-state index contributed by atoms with van der Waals surface area (Å²) in [4.78, 5) is 16.2. The third kappa shape index (κ3) is 7.03. The summed E-state index contributed by atoms with van der Waals surface area (Å²) in [7, 11) is 0. The van der Waals surface area contributed by atoms with Gasteiger partial charge in [-0.2, -0.15) is 0 Å². The van der Waals surface area contributed by atoms with Gasteiger partial charge in [0.1, 0.15) is 12.4 Å². The standard InChI is InChI=1S/C23H25N3O3/c27-22(18-6-2-1-3-7-18)17-24-14-15-29-21-11-9-19(10-12-21)26-23(28)16-20-8-4-5-13-25-20/h1-13,22,24,27H,14-17H2,(H,26,28). The predicted octanol–water partition coefficient (Wildman–Crippen LogP) is 2.96. The molecular formula is C23H25N3O3. The van der Waals surface area contributed by atoms with Gasteiger partial charge in [-0.3, -0.25) is 9.78 Å². The molecule has 1 aromatic heterocycles. The summed E-state index contributed by atoms with van der Waals surface area (Å²) in [5, 5.41) is 16.1. The van der Waals surface area contributed by atoms with Crippen molar-refractivity contribution in [3.8, 4) is 5.75 Å².